The van der Waals surface area contributed by atoms with Crippen molar-refractivity contribution in [2.75, 3.05) is 31.6 Å². The molecule has 2 aromatic rings. The number of amides is 1. The number of carbonyl (C=O) groups excluding carboxylic acids is 1. The van der Waals surface area contributed by atoms with Crippen molar-refractivity contribution in [3.05, 3.63) is 52.6 Å². The Morgan fingerprint density at radius 1 is 1.26 bits per heavy atom. The van der Waals surface area contributed by atoms with Crippen molar-refractivity contribution in [1.29, 1.82) is 0 Å². The lowest BCUT2D eigenvalue weighted by Gasteiger charge is -2.27. The third-order valence-electron chi connectivity index (χ3n) is 3.75. The molecule has 0 saturated carbocycles. The molecule has 23 heavy (non-hydrogen) atoms. The van der Waals surface area contributed by atoms with Crippen LogP contribution in [0.2, 0.25) is 0 Å². The molecule has 0 radical (unpaired) electrons. The second-order valence-corrected chi connectivity index (χ2v) is 5.30. The lowest BCUT2D eigenvalue weighted by atomic mass is 10.2. The minimum absolute atomic E-state index is 0.0944. The van der Waals surface area contributed by atoms with Gasteiger partial charge in [-0.2, -0.15) is 0 Å². The highest BCUT2D eigenvalue weighted by Crippen LogP contribution is 2.12. The first-order chi connectivity index (χ1) is 11.2. The third-order valence-corrected chi connectivity index (χ3v) is 3.75. The summed E-state index contributed by atoms with van der Waals surface area (Å²) in [5, 5.41) is 2.74. The lowest BCUT2D eigenvalue weighted by Crippen LogP contribution is -2.50. The summed E-state index contributed by atoms with van der Waals surface area (Å²) in [5.41, 5.74) is 0.791. The maximum Gasteiger partial charge on any atom is 0.293 e. The van der Waals surface area contributed by atoms with E-state index < -0.39 is 0 Å². The molecule has 1 fully saturated rings. The van der Waals surface area contributed by atoms with Crippen molar-refractivity contribution < 1.29 is 9.53 Å². The molecule has 0 unspecified atom stereocenters. The van der Waals surface area contributed by atoms with Gasteiger partial charge in [0.25, 0.3) is 5.56 Å². The highest BCUT2D eigenvalue weighted by atomic mass is 16.5. The van der Waals surface area contributed by atoms with E-state index in [1.54, 1.807) is 29.0 Å². The standard InChI is InChI=1S/C16H18N4O3/c1-23-13-4-2-12(3-5-13)10-20-9-7-18-15(16(20)22)19-8-6-17-14(21)11-19/h2-5,7,9H,6,8,10-11H2,1H3,(H,17,21). The van der Waals surface area contributed by atoms with Gasteiger partial charge >= 0.3 is 0 Å². The molecule has 1 aromatic heterocycles. The van der Waals surface area contributed by atoms with Crippen LogP contribution in [0.1, 0.15) is 5.56 Å². The molecular formula is C16H18N4O3. The lowest BCUT2D eigenvalue weighted by molar-refractivity contribution is -0.120. The van der Waals surface area contributed by atoms with Gasteiger partial charge in [-0.15, -0.1) is 0 Å². The molecule has 0 spiro atoms. The molecule has 1 aliphatic rings. The maximum absolute atomic E-state index is 12.6. The molecule has 1 aliphatic heterocycles. The van der Waals surface area contributed by atoms with Gasteiger partial charge in [0.1, 0.15) is 5.75 Å². The fourth-order valence-electron chi connectivity index (χ4n) is 2.52. The van der Waals surface area contributed by atoms with E-state index >= 15 is 0 Å². The maximum atomic E-state index is 12.6. The smallest absolute Gasteiger partial charge is 0.293 e. The first-order valence-corrected chi connectivity index (χ1v) is 7.37. The van der Waals surface area contributed by atoms with E-state index in [4.69, 9.17) is 4.74 Å². The van der Waals surface area contributed by atoms with Crippen molar-refractivity contribution in [1.82, 2.24) is 14.9 Å². The first kappa shape index (κ1) is 15.1. The van der Waals surface area contributed by atoms with Gasteiger partial charge in [-0.1, -0.05) is 12.1 Å². The van der Waals surface area contributed by atoms with E-state index in [9.17, 15) is 9.59 Å². The van der Waals surface area contributed by atoms with E-state index in [1.165, 1.54) is 0 Å². The number of rotatable bonds is 4. The number of nitrogens with zero attached hydrogens (tertiary/aromatic N) is 3. The van der Waals surface area contributed by atoms with E-state index in [0.717, 1.165) is 11.3 Å². The van der Waals surface area contributed by atoms with Crippen LogP contribution >= 0.6 is 0 Å². The van der Waals surface area contributed by atoms with E-state index in [1.807, 2.05) is 24.3 Å². The van der Waals surface area contributed by atoms with Gasteiger partial charge < -0.3 is 19.5 Å². The zero-order valence-electron chi connectivity index (χ0n) is 12.9. The SMILES string of the molecule is COc1ccc(Cn2ccnc(N3CCNC(=O)C3)c2=O)cc1. The van der Waals surface area contributed by atoms with Crippen LogP contribution in [0.5, 0.6) is 5.75 Å². The van der Waals surface area contributed by atoms with Gasteiger partial charge in [-0.05, 0) is 17.7 Å². The van der Waals surface area contributed by atoms with Gasteiger partial charge in [0, 0.05) is 25.5 Å². The van der Waals surface area contributed by atoms with Crippen molar-refractivity contribution in [2.24, 2.45) is 0 Å². The highest BCUT2D eigenvalue weighted by Gasteiger charge is 2.20. The summed E-state index contributed by atoms with van der Waals surface area (Å²) < 4.78 is 6.72. The normalized spacial score (nSPS) is 14.5. The first-order valence-electron chi connectivity index (χ1n) is 7.37. The number of piperazine rings is 1. The van der Waals surface area contributed by atoms with Crippen LogP contribution in [0.4, 0.5) is 5.82 Å². The number of nitrogens with one attached hydrogen (secondary N) is 1. The number of benzene rings is 1. The summed E-state index contributed by atoms with van der Waals surface area (Å²) in [6.45, 7) is 1.71. The largest absolute Gasteiger partial charge is 0.497 e. The molecule has 1 amide bonds. The Kier molecular flexibility index (Phi) is 4.27. The van der Waals surface area contributed by atoms with Crippen LogP contribution in [-0.4, -0.2) is 42.2 Å². The molecule has 2 heterocycles. The van der Waals surface area contributed by atoms with Gasteiger partial charge in [-0.25, -0.2) is 4.98 Å². The van der Waals surface area contributed by atoms with Crippen LogP contribution in [-0.2, 0) is 11.3 Å². The Hall–Kier alpha value is -2.83. The van der Waals surface area contributed by atoms with E-state index in [2.05, 4.69) is 10.3 Å². The Morgan fingerprint density at radius 2 is 2.04 bits per heavy atom. The predicted molar refractivity (Wildman–Crippen MR) is 85.8 cm³/mol. The van der Waals surface area contributed by atoms with E-state index in [0.29, 0.717) is 25.5 Å². The number of methoxy groups -OCH3 is 1. The Balaban J connectivity index is 1.84. The quantitative estimate of drug-likeness (QED) is 0.875. The minimum Gasteiger partial charge on any atom is -0.497 e. The fourth-order valence-corrected chi connectivity index (χ4v) is 2.52. The number of hydrogen-bond donors (Lipinski definition) is 1. The highest BCUT2D eigenvalue weighted by molar-refractivity contribution is 5.82. The zero-order chi connectivity index (χ0) is 16.2. The van der Waals surface area contributed by atoms with Crippen molar-refractivity contribution in [2.45, 2.75) is 6.54 Å². The Bertz CT molecular complexity index is 755. The molecule has 7 heteroatoms. The third kappa shape index (κ3) is 3.33. The molecule has 120 valence electrons. The number of carbonyl (C=O) groups is 1. The second-order valence-electron chi connectivity index (χ2n) is 5.30. The number of hydrogen-bond acceptors (Lipinski definition) is 5. The van der Waals surface area contributed by atoms with Crippen LogP contribution in [0.15, 0.2) is 41.5 Å². The molecule has 3 rings (SSSR count). The van der Waals surface area contributed by atoms with Crippen LogP contribution < -0.4 is 20.5 Å². The van der Waals surface area contributed by atoms with Crippen molar-refractivity contribution >= 4 is 11.7 Å². The molecule has 0 aliphatic carbocycles. The topological polar surface area (TPSA) is 76.5 Å². The Labute approximate surface area is 133 Å². The van der Waals surface area contributed by atoms with Gasteiger partial charge in [0.05, 0.1) is 20.2 Å². The summed E-state index contributed by atoms with van der Waals surface area (Å²) in [6, 6.07) is 7.55. The molecule has 1 aromatic carbocycles. The van der Waals surface area contributed by atoms with Crippen molar-refractivity contribution in [3.8, 4) is 5.75 Å². The minimum atomic E-state index is -0.196. The molecule has 1 saturated heterocycles. The van der Waals surface area contributed by atoms with Crippen LogP contribution in [0, 0.1) is 0 Å². The molecule has 0 bridgehead atoms. The predicted octanol–water partition coefficient (Wildman–Crippen LogP) is 0.236. The molecule has 7 nitrogen and oxygen atoms in total. The number of ether oxygens (including phenoxy) is 1. The molecule has 1 N–H and O–H groups in total. The van der Waals surface area contributed by atoms with Gasteiger partial charge in [0.2, 0.25) is 5.91 Å². The summed E-state index contributed by atoms with van der Waals surface area (Å²) >= 11 is 0. The van der Waals surface area contributed by atoms with Gasteiger partial charge in [-0.3, -0.25) is 9.59 Å². The summed E-state index contributed by atoms with van der Waals surface area (Å²) in [5.74, 6) is 0.995. The zero-order valence-corrected chi connectivity index (χ0v) is 12.9. The number of aromatic nitrogens is 2. The summed E-state index contributed by atoms with van der Waals surface area (Å²) in [7, 11) is 1.61. The van der Waals surface area contributed by atoms with Crippen LogP contribution in [0.3, 0.4) is 0 Å². The number of anilines is 1. The molecule has 0 atom stereocenters. The average Bonchev–Trinajstić information content (AvgIpc) is 2.57. The average molecular weight is 314 g/mol. The monoisotopic (exact) mass is 314 g/mol. The summed E-state index contributed by atoms with van der Waals surface area (Å²) in [6.07, 6.45) is 3.24. The van der Waals surface area contributed by atoms with Gasteiger partial charge in [0.15, 0.2) is 5.82 Å². The van der Waals surface area contributed by atoms with Crippen LogP contribution in [0.25, 0.3) is 0 Å². The van der Waals surface area contributed by atoms with E-state index in [-0.39, 0.29) is 18.0 Å². The fraction of sp³-hybridized carbons (Fsp3) is 0.312. The van der Waals surface area contributed by atoms with Crippen molar-refractivity contribution in [3.63, 3.8) is 0 Å². The Morgan fingerprint density at radius 3 is 2.74 bits per heavy atom. The second kappa shape index (κ2) is 6.51. The molecular weight excluding hydrogens is 296 g/mol. The summed E-state index contributed by atoms with van der Waals surface area (Å²) in [4.78, 5) is 30.0.